The Bertz CT molecular complexity index is 393. The third kappa shape index (κ3) is 4.30. The summed E-state index contributed by atoms with van der Waals surface area (Å²) in [6, 6.07) is 5.19. The van der Waals surface area contributed by atoms with Crippen molar-refractivity contribution in [3.05, 3.63) is 33.8 Å². The molecular formula is C13H17Cl2NO. The lowest BCUT2D eigenvalue weighted by Gasteiger charge is -2.13. The van der Waals surface area contributed by atoms with E-state index >= 15 is 0 Å². The van der Waals surface area contributed by atoms with E-state index in [4.69, 9.17) is 28.9 Å². The van der Waals surface area contributed by atoms with Gasteiger partial charge in [-0.2, -0.15) is 0 Å². The second-order valence-electron chi connectivity index (χ2n) is 4.10. The summed E-state index contributed by atoms with van der Waals surface area (Å²) >= 11 is 11.8. The van der Waals surface area contributed by atoms with E-state index in [1.165, 1.54) is 0 Å². The first kappa shape index (κ1) is 14.5. The van der Waals surface area contributed by atoms with Crippen LogP contribution in [0.3, 0.4) is 0 Å². The van der Waals surface area contributed by atoms with Gasteiger partial charge in [0.1, 0.15) is 5.78 Å². The molecule has 2 N–H and O–H groups in total. The topological polar surface area (TPSA) is 43.1 Å². The first-order valence-electron chi connectivity index (χ1n) is 5.75. The molecule has 4 heteroatoms. The molecule has 0 aliphatic carbocycles. The van der Waals surface area contributed by atoms with Crippen molar-refractivity contribution in [1.82, 2.24) is 0 Å². The molecule has 0 radical (unpaired) electrons. The standard InChI is InChI=1S/C13H17Cl2NO/c1-2-3-10(8-16)13(17)6-9-4-5-11(14)7-12(9)15/h4-5,7,10H,2-3,6,8,16H2,1H3. The Balaban J connectivity index is 2.73. The summed E-state index contributed by atoms with van der Waals surface area (Å²) in [5.74, 6) is 0.0883. The van der Waals surface area contributed by atoms with E-state index in [2.05, 4.69) is 0 Å². The normalized spacial score (nSPS) is 12.5. The highest BCUT2D eigenvalue weighted by atomic mass is 35.5. The van der Waals surface area contributed by atoms with Gasteiger partial charge in [0.25, 0.3) is 0 Å². The molecule has 94 valence electrons. The monoisotopic (exact) mass is 273 g/mol. The minimum Gasteiger partial charge on any atom is -0.330 e. The highest BCUT2D eigenvalue weighted by Crippen LogP contribution is 2.22. The van der Waals surface area contributed by atoms with Gasteiger partial charge in [-0.05, 0) is 24.1 Å². The van der Waals surface area contributed by atoms with Crippen molar-refractivity contribution in [2.75, 3.05) is 6.54 Å². The number of hydrogen-bond donors (Lipinski definition) is 1. The number of hydrogen-bond acceptors (Lipinski definition) is 2. The van der Waals surface area contributed by atoms with Crippen LogP contribution >= 0.6 is 23.2 Å². The van der Waals surface area contributed by atoms with E-state index in [0.29, 0.717) is 23.0 Å². The third-order valence-corrected chi connectivity index (χ3v) is 3.34. The second-order valence-corrected chi connectivity index (χ2v) is 4.94. The fourth-order valence-electron chi connectivity index (χ4n) is 1.76. The van der Waals surface area contributed by atoms with Crippen molar-refractivity contribution in [2.24, 2.45) is 11.7 Å². The summed E-state index contributed by atoms with van der Waals surface area (Å²) < 4.78 is 0. The van der Waals surface area contributed by atoms with Gasteiger partial charge in [-0.3, -0.25) is 4.79 Å². The van der Waals surface area contributed by atoms with Gasteiger partial charge in [0.2, 0.25) is 0 Å². The number of carbonyl (C=O) groups is 1. The predicted molar refractivity (Wildman–Crippen MR) is 72.6 cm³/mol. The summed E-state index contributed by atoms with van der Waals surface area (Å²) in [6.45, 7) is 2.45. The van der Waals surface area contributed by atoms with Crippen LogP contribution in [0.25, 0.3) is 0 Å². The van der Waals surface area contributed by atoms with Gasteiger partial charge in [-0.1, -0.05) is 42.6 Å². The summed E-state index contributed by atoms with van der Waals surface area (Å²) in [5.41, 5.74) is 6.42. The lowest BCUT2D eigenvalue weighted by molar-refractivity contribution is -0.122. The number of carbonyl (C=O) groups excluding carboxylic acids is 1. The molecule has 1 rings (SSSR count). The maximum Gasteiger partial charge on any atom is 0.141 e. The average Bonchev–Trinajstić information content (AvgIpc) is 2.29. The third-order valence-electron chi connectivity index (χ3n) is 2.76. The maximum absolute atomic E-state index is 12.0. The van der Waals surface area contributed by atoms with Crippen molar-refractivity contribution in [1.29, 1.82) is 0 Å². The minimum atomic E-state index is -0.0632. The quantitative estimate of drug-likeness (QED) is 0.863. The molecule has 1 aromatic carbocycles. The Hall–Kier alpha value is -0.570. The Morgan fingerprint density at radius 3 is 2.65 bits per heavy atom. The summed E-state index contributed by atoms with van der Waals surface area (Å²) in [7, 11) is 0. The number of rotatable bonds is 6. The van der Waals surface area contributed by atoms with Crippen LogP contribution in [0, 0.1) is 5.92 Å². The molecule has 0 aromatic heterocycles. The van der Waals surface area contributed by atoms with Gasteiger partial charge in [-0.25, -0.2) is 0 Å². The van der Waals surface area contributed by atoms with E-state index in [9.17, 15) is 4.79 Å². The van der Waals surface area contributed by atoms with E-state index in [0.717, 1.165) is 18.4 Å². The van der Waals surface area contributed by atoms with E-state index < -0.39 is 0 Å². The molecule has 2 nitrogen and oxygen atoms in total. The zero-order chi connectivity index (χ0) is 12.8. The molecule has 0 fully saturated rings. The van der Waals surface area contributed by atoms with E-state index in [-0.39, 0.29) is 11.7 Å². The van der Waals surface area contributed by atoms with Crippen molar-refractivity contribution in [3.8, 4) is 0 Å². The number of Topliss-reactive ketones (excluding diaryl/α,β-unsaturated/α-hetero) is 1. The Kier molecular flexibility index (Phi) is 5.96. The number of halogens is 2. The van der Waals surface area contributed by atoms with Crippen LogP contribution in [0.5, 0.6) is 0 Å². The molecule has 0 heterocycles. The van der Waals surface area contributed by atoms with Crippen LogP contribution in [0.15, 0.2) is 18.2 Å². The molecule has 0 saturated carbocycles. The minimum absolute atomic E-state index is 0.0632. The number of ketones is 1. The van der Waals surface area contributed by atoms with E-state index in [1.54, 1.807) is 18.2 Å². The molecule has 1 unspecified atom stereocenters. The zero-order valence-corrected chi connectivity index (χ0v) is 11.4. The summed E-state index contributed by atoms with van der Waals surface area (Å²) in [4.78, 5) is 12.0. The Morgan fingerprint density at radius 2 is 2.12 bits per heavy atom. The summed E-state index contributed by atoms with van der Waals surface area (Å²) in [5, 5.41) is 1.12. The van der Waals surface area contributed by atoms with E-state index in [1.807, 2.05) is 6.92 Å². The predicted octanol–water partition coefficient (Wildman–Crippen LogP) is 3.48. The van der Waals surface area contributed by atoms with Crippen LogP contribution in [0.1, 0.15) is 25.3 Å². The molecule has 17 heavy (non-hydrogen) atoms. The Labute approximate surface area is 112 Å². The Morgan fingerprint density at radius 1 is 1.41 bits per heavy atom. The molecule has 1 aromatic rings. The van der Waals surface area contributed by atoms with Crippen LogP contribution in [-0.2, 0) is 11.2 Å². The molecule has 0 aliphatic rings. The lowest BCUT2D eigenvalue weighted by atomic mass is 9.94. The molecule has 0 bridgehead atoms. The fourth-order valence-corrected chi connectivity index (χ4v) is 2.23. The fraction of sp³-hybridized carbons (Fsp3) is 0.462. The molecule has 0 saturated heterocycles. The van der Waals surface area contributed by atoms with Crippen LogP contribution in [0.2, 0.25) is 10.0 Å². The smallest absolute Gasteiger partial charge is 0.141 e. The molecule has 0 aliphatic heterocycles. The number of nitrogens with two attached hydrogens (primary N) is 1. The van der Waals surface area contributed by atoms with Gasteiger partial charge < -0.3 is 5.73 Å². The van der Waals surface area contributed by atoms with Crippen LogP contribution < -0.4 is 5.73 Å². The van der Waals surface area contributed by atoms with Crippen molar-refractivity contribution < 1.29 is 4.79 Å². The zero-order valence-electron chi connectivity index (χ0n) is 9.88. The maximum atomic E-state index is 12.0. The van der Waals surface area contributed by atoms with Crippen molar-refractivity contribution in [3.63, 3.8) is 0 Å². The van der Waals surface area contributed by atoms with Gasteiger partial charge in [0.05, 0.1) is 0 Å². The first-order valence-corrected chi connectivity index (χ1v) is 6.50. The largest absolute Gasteiger partial charge is 0.330 e. The molecule has 0 amide bonds. The van der Waals surface area contributed by atoms with Gasteiger partial charge >= 0.3 is 0 Å². The summed E-state index contributed by atoms with van der Waals surface area (Å²) in [6.07, 6.45) is 2.13. The second kappa shape index (κ2) is 7.00. The van der Waals surface area contributed by atoms with Gasteiger partial charge in [0, 0.05) is 28.9 Å². The SMILES string of the molecule is CCCC(CN)C(=O)Cc1ccc(Cl)cc1Cl. The van der Waals surface area contributed by atoms with Crippen LogP contribution in [-0.4, -0.2) is 12.3 Å². The van der Waals surface area contributed by atoms with Crippen molar-refractivity contribution >= 4 is 29.0 Å². The molecule has 1 atom stereocenters. The number of benzene rings is 1. The van der Waals surface area contributed by atoms with Crippen LogP contribution in [0.4, 0.5) is 0 Å². The molecular weight excluding hydrogens is 257 g/mol. The highest BCUT2D eigenvalue weighted by Gasteiger charge is 2.17. The highest BCUT2D eigenvalue weighted by molar-refractivity contribution is 6.35. The van der Waals surface area contributed by atoms with Gasteiger partial charge in [-0.15, -0.1) is 0 Å². The lowest BCUT2D eigenvalue weighted by Crippen LogP contribution is -2.25. The average molecular weight is 274 g/mol. The first-order chi connectivity index (χ1) is 8.08. The molecule has 0 spiro atoms. The van der Waals surface area contributed by atoms with Crippen molar-refractivity contribution in [2.45, 2.75) is 26.2 Å². The van der Waals surface area contributed by atoms with Gasteiger partial charge in [0.15, 0.2) is 0 Å².